The minimum atomic E-state index is -0.492. The zero-order valence-corrected chi connectivity index (χ0v) is 11.5. The standard InChI is InChI=1S/C13H18N2O5/c1-19-12-5-9(14-7-11(16)8-3-4-8)10(15(17)18)6-13(12)20-2/h5-6,8,11,14,16H,3-4,7H2,1-2H3. The topological polar surface area (TPSA) is 93.9 Å². The average molecular weight is 282 g/mol. The molecule has 1 aliphatic carbocycles. The largest absolute Gasteiger partial charge is 0.493 e. The number of benzene rings is 1. The fourth-order valence-corrected chi connectivity index (χ4v) is 2.02. The van der Waals surface area contributed by atoms with Crippen molar-refractivity contribution in [1.82, 2.24) is 0 Å². The molecule has 1 atom stereocenters. The number of anilines is 1. The number of aliphatic hydroxyl groups excluding tert-OH is 1. The van der Waals surface area contributed by atoms with Gasteiger partial charge >= 0.3 is 0 Å². The maximum Gasteiger partial charge on any atom is 0.296 e. The highest BCUT2D eigenvalue weighted by Gasteiger charge is 2.30. The summed E-state index contributed by atoms with van der Waals surface area (Å²) in [5.41, 5.74) is 0.206. The van der Waals surface area contributed by atoms with Crippen LogP contribution in [0.2, 0.25) is 0 Å². The summed E-state index contributed by atoms with van der Waals surface area (Å²) in [6, 6.07) is 2.82. The van der Waals surface area contributed by atoms with Crippen LogP contribution in [0, 0.1) is 16.0 Å². The molecule has 0 aromatic heterocycles. The normalized spacial score (nSPS) is 15.6. The van der Waals surface area contributed by atoms with E-state index in [-0.39, 0.29) is 12.2 Å². The minimum Gasteiger partial charge on any atom is -0.493 e. The van der Waals surface area contributed by atoms with Crippen molar-refractivity contribution in [1.29, 1.82) is 0 Å². The highest BCUT2D eigenvalue weighted by Crippen LogP contribution is 2.38. The zero-order chi connectivity index (χ0) is 14.7. The van der Waals surface area contributed by atoms with E-state index in [9.17, 15) is 15.2 Å². The van der Waals surface area contributed by atoms with Gasteiger partial charge < -0.3 is 19.9 Å². The number of hydrogen-bond acceptors (Lipinski definition) is 6. The molecule has 0 saturated heterocycles. The van der Waals surface area contributed by atoms with Crippen LogP contribution < -0.4 is 14.8 Å². The van der Waals surface area contributed by atoms with Crippen molar-refractivity contribution in [3.8, 4) is 11.5 Å². The smallest absolute Gasteiger partial charge is 0.296 e. The first-order valence-corrected chi connectivity index (χ1v) is 6.39. The van der Waals surface area contributed by atoms with Gasteiger partial charge in [-0.2, -0.15) is 0 Å². The van der Waals surface area contributed by atoms with Gasteiger partial charge in [0.15, 0.2) is 11.5 Å². The molecule has 0 bridgehead atoms. The second-order valence-electron chi connectivity index (χ2n) is 4.77. The van der Waals surface area contributed by atoms with E-state index in [4.69, 9.17) is 9.47 Å². The minimum absolute atomic E-state index is 0.106. The summed E-state index contributed by atoms with van der Waals surface area (Å²) in [6.07, 6.45) is 1.54. The van der Waals surface area contributed by atoms with Crippen molar-refractivity contribution >= 4 is 11.4 Å². The molecule has 2 rings (SSSR count). The lowest BCUT2D eigenvalue weighted by Gasteiger charge is -2.14. The maximum atomic E-state index is 11.1. The highest BCUT2D eigenvalue weighted by atomic mass is 16.6. The fraction of sp³-hybridized carbons (Fsp3) is 0.538. The monoisotopic (exact) mass is 282 g/mol. The van der Waals surface area contributed by atoms with Crippen LogP contribution in [0.5, 0.6) is 11.5 Å². The number of methoxy groups -OCH3 is 2. The van der Waals surface area contributed by atoms with Gasteiger partial charge in [0.05, 0.1) is 31.3 Å². The number of nitrogens with zero attached hydrogens (tertiary/aromatic N) is 1. The Morgan fingerprint density at radius 2 is 2.00 bits per heavy atom. The molecule has 0 aliphatic heterocycles. The molecule has 2 N–H and O–H groups in total. The van der Waals surface area contributed by atoms with Gasteiger partial charge in [-0.05, 0) is 18.8 Å². The van der Waals surface area contributed by atoms with Gasteiger partial charge in [0, 0.05) is 12.6 Å². The summed E-state index contributed by atoms with van der Waals surface area (Å²) in [5, 5.41) is 23.8. The molecule has 0 heterocycles. The van der Waals surface area contributed by atoms with Gasteiger partial charge in [-0.25, -0.2) is 0 Å². The lowest BCUT2D eigenvalue weighted by molar-refractivity contribution is -0.384. The van der Waals surface area contributed by atoms with Crippen LogP contribution >= 0.6 is 0 Å². The Kier molecular flexibility index (Phi) is 4.29. The van der Waals surface area contributed by atoms with Gasteiger partial charge in [0.25, 0.3) is 5.69 Å². The van der Waals surface area contributed by atoms with E-state index >= 15 is 0 Å². The maximum absolute atomic E-state index is 11.1. The van der Waals surface area contributed by atoms with E-state index in [1.807, 2.05) is 0 Å². The van der Waals surface area contributed by atoms with Gasteiger partial charge in [-0.3, -0.25) is 10.1 Å². The molecule has 1 unspecified atom stereocenters. The molecule has 7 heteroatoms. The first kappa shape index (κ1) is 14.4. The van der Waals surface area contributed by atoms with Crippen LogP contribution in [0.4, 0.5) is 11.4 Å². The van der Waals surface area contributed by atoms with Crippen molar-refractivity contribution < 1.29 is 19.5 Å². The number of hydrogen-bond donors (Lipinski definition) is 2. The quantitative estimate of drug-likeness (QED) is 0.585. The molecule has 0 radical (unpaired) electrons. The van der Waals surface area contributed by atoms with Crippen molar-refractivity contribution in [3.05, 3.63) is 22.2 Å². The SMILES string of the molecule is COc1cc(NCC(O)C2CC2)c([N+](=O)[O-])cc1OC. The van der Waals surface area contributed by atoms with Crippen LogP contribution in [0.1, 0.15) is 12.8 Å². The van der Waals surface area contributed by atoms with E-state index in [2.05, 4.69) is 5.32 Å². The Morgan fingerprint density at radius 3 is 2.50 bits per heavy atom. The summed E-state index contributed by atoms with van der Waals surface area (Å²) >= 11 is 0. The van der Waals surface area contributed by atoms with Crippen LogP contribution in [0.25, 0.3) is 0 Å². The number of nitro benzene ring substituents is 1. The third-order valence-corrected chi connectivity index (χ3v) is 3.37. The lowest BCUT2D eigenvalue weighted by Crippen LogP contribution is -2.21. The predicted octanol–water partition coefficient (Wildman–Crippen LogP) is 1.79. The van der Waals surface area contributed by atoms with E-state index < -0.39 is 11.0 Å². The Bertz CT molecular complexity index is 502. The molecule has 0 spiro atoms. The van der Waals surface area contributed by atoms with Crippen LogP contribution in [-0.4, -0.2) is 36.9 Å². The van der Waals surface area contributed by atoms with Crippen LogP contribution in [0.15, 0.2) is 12.1 Å². The third-order valence-electron chi connectivity index (χ3n) is 3.37. The summed E-state index contributed by atoms with van der Waals surface area (Å²) in [4.78, 5) is 10.6. The van der Waals surface area contributed by atoms with Gasteiger partial charge in [0.2, 0.25) is 0 Å². The molecule has 1 aromatic carbocycles. The number of nitro groups is 1. The molecule has 110 valence electrons. The number of aliphatic hydroxyl groups is 1. The molecule has 1 aliphatic rings. The van der Waals surface area contributed by atoms with Crippen molar-refractivity contribution in [3.63, 3.8) is 0 Å². The molecule has 7 nitrogen and oxygen atoms in total. The Hall–Kier alpha value is -2.02. The van der Waals surface area contributed by atoms with Crippen molar-refractivity contribution in [2.75, 3.05) is 26.1 Å². The number of ether oxygens (including phenoxy) is 2. The molecule has 0 amide bonds. The first-order chi connectivity index (χ1) is 9.56. The molecule has 1 aromatic rings. The average Bonchev–Trinajstić information content (AvgIpc) is 3.28. The second kappa shape index (κ2) is 5.96. The molecule has 1 saturated carbocycles. The fourth-order valence-electron chi connectivity index (χ4n) is 2.02. The molecular weight excluding hydrogens is 264 g/mol. The third kappa shape index (κ3) is 3.11. The van der Waals surface area contributed by atoms with Crippen molar-refractivity contribution in [2.45, 2.75) is 18.9 Å². The Balaban J connectivity index is 2.21. The number of rotatable bonds is 7. The highest BCUT2D eigenvalue weighted by molar-refractivity contribution is 5.68. The van der Waals surface area contributed by atoms with E-state index in [0.29, 0.717) is 23.1 Å². The van der Waals surface area contributed by atoms with Gasteiger partial charge in [-0.15, -0.1) is 0 Å². The van der Waals surface area contributed by atoms with Gasteiger partial charge in [0.1, 0.15) is 5.69 Å². The zero-order valence-electron chi connectivity index (χ0n) is 11.5. The van der Waals surface area contributed by atoms with Crippen molar-refractivity contribution in [2.24, 2.45) is 5.92 Å². The number of nitrogens with one attached hydrogen (secondary N) is 1. The van der Waals surface area contributed by atoms with E-state index in [1.54, 1.807) is 0 Å². The Morgan fingerprint density at radius 1 is 1.40 bits per heavy atom. The molecule has 1 fully saturated rings. The molecular formula is C13H18N2O5. The summed E-state index contributed by atoms with van der Waals surface area (Å²) < 4.78 is 10.2. The summed E-state index contributed by atoms with van der Waals surface area (Å²) in [7, 11) is 2.89. The first-order valence-electron chi connectivity index (χ1n) is 6.39. The van der Waals surface area contributed by atoms with E-state index in [1.165, 1.54) is 26.4 Å². The Labute approximate surface area is 116 Å². The second-order valence-corrected chi connectivity index (χ2v) is 4.77. The van der Waals surface area contributed by atoms with Gasteiger partial charge in [-0.1, -0.05) is 0 Å². The van der Waals surface area contributed by atoms with Crippen LogP contribution in [-0.2, 0) is 0 Å². The summed E-state index contributed by atoms with van der Waals surface area (Å²) in [5.74, 6) is 1.01. The van der Waals surface area contributed by atoms with E-state index in [0.717, 1.165) is 12.8 Å². The predicted molar refractivity (Wildman–Crippen MR) is 73.4 cm³/mol. The summed E-state index contributed by atoms with van der Waals surface area (Å²) in [6.45, 7) is 0.279. The van der Waals surface area contributed by atoms with Crippen LogP contribution in [0.3, 0.4) is 0 Å². The lowest BCUT2D eigenvalue weighted by atomic mass is 10.2. The molecule has 20 heavy (non-hydrogen) atoms.